The van der Waals surface area contributed by atoms with Crippen LogP contribution < -0.4 is 0 Å². The van der Waals surface area contributed by atoms with Crippen LogP contribution in [-0.4, -0.2) is 25.6 Å². The highest BCUT2D eigenvalue weighted by atomic mass is 16.4. The van der Waals surface area contributed by atoms with Gasteiger partial charge in [-0.3, -0.25) is 0 Å². The number of rotatable bonds is 4. The van der Waals surface area contributed by atoms with E-state index in [0.717, 1.165) is 16.5 Å². The molecule has 2 aromatic heterocycles. The smallest absolute Gasteiger partial charge is 0.337 e. The van der Waals surface area contributed by atoms with E-state index in [1.165, 1.54) is 0 Å². The lowest BCUT2D eigenvalue weighted by Gasteiger charge is -2.05. The molecule has 0 spiro atoms. The van der Waals surface area contributed by atoms with Gasteiger partial charge >= 0.3 is 5.97 Å². The molecular weight excluding hydrogens is 254 g/mol. The third-order valence-electron chi connectivity index (χ3n) is 3.27. The van der Waals surface area contributed by atoms with E-state index in [1.54, 1.807) is 12.5 Å². The average Bonchev–Trinajstić information content (AvgIpc) is 3.07. The van der Waals surface area contributed by atoms with Crippen molar-refractivity contribution in [2.75, 3.05) is 0 Å². The zero-order valence-electron chi connectivity index (χ0n) is 10.7. The Morgan fingerprint density at radius 1 is 1.40 bits per heavy atom. The lowest BCUT2D eigenvalue weighted by molar-refractivity contribution is -0.130. The van der Waals surface area contributed by atoms with Crippen molar-refractivity contribution in [2.24, 2.45) is 0 Å². The number of aliphatic carboxylic acids is 1. The lowest BCUT2D eigenvalue weighted by atomic mass is 10.1. The molecule has 1 aromatic carbocycles. The summed E-state index contributed by atoms with van der Waals surface area (Å²) in [5.41, 5.74) is 2.44. The second-order valence-corrected chi connectivity index (χ2v) is 4.54. The van der Waals surface area contributed by atoms with Crippen LogP contribution in [-0.2, 0) is 11.3 Å². The third-order valence-corrected chi connectivity index (χ3v) is 3.27. The first kappa shape index (κ1) is 12.2. The fourth-order valence-electron chi connectivity index (χ4n) is 2.29. The highest BCUT2D eigenvalue weighted by Crippen LogP contribution is 2.27. The van der Waals surface area contributed by atoms with Crippen LogP contribution in [0, 0.1) is 0 Å². The number of H-pyrrole nitrogens is 1. The molecule has 0 aliphatic rings. The topological polar surface area (TPSA) is 70.9 Å². The Bertz CT molecular complexity index is 785. The van der Waals surface area contributed by atoms with Crippen molar-refractivity contribution >= 4 is 22.4 Å². The minimum Gasteiger partial charge on any atom is -0.478 e. The molecule has 0 fully saturated rings. The predicted molar refractivity (Wildman–Crippen MR) is 76.3 cm³/mol. The molecule has 0 saturated carbocycles. The minimum atomic E-state index is -1.02. The Labute approximate surface area is 115 Å². The fourth-order valence-corrected chi connectivity index (χ4v) is 2.29. The zero-order valence-corrected chi connectivity index (χ0v) is 10.7. The molecule has 3 aromatic rings. The van der Waals surface area contributed by atoms with Crippen molar-refractivity contribution in [1.82, 2.24) is 14.5 Å². The molecule has 5 nitrogen and oxygen atoms in total. The molecular formula is C15H13N3O2. The number of nitrogens with one attached hydrogen (secondary N) is 1. The van der Waals surface area contributed by atoms with E-state index in [2.05, 4.69) is 16.5 Å². The number of fused-ring (bicyclic) bond motifs is 1. The number of benzene rings is 1. The second-order valence-electron chi connectivity index (χ2n) is 4.54. The molecule has 0 aliphatic heterocycles. The number of aromatic amines is 1. The highest BCUT2D eigenvalue weighted by Gasteiger charge is 2.17. The summed E-state index contributed by atoms with van der Waals surface area (Å²) in [6.45, 7) is 4.20. The average molecular weight is 267 g/mol. The predicted octanol–water partition coefficient (Wildman–Crippen LogP) is 2.51. The molecule has 3 rings (SSSR count). The van der Waals surface area contributed by atoms with Gasteiger partial charge < -0.3 is 14.7 Å². The quantitative estimate of drug-likeness (QED) is 0.713. The molecule has 20 heavy (non-hydrogen) atoms. The first-order chi connectivity index (χ1) is 9.66. The van der Waals surface area contributed by atoms with Gasteiger partial charge in [0.05, 0.1) is 24.1 Å². The van der Waals surface area contributed by atoms with Crippen LogP contribution in [0.4, 0.5) is 0 Å². The van der Waals surface area contributed by atoms with Crippen LogP contribution in [0.2, 0.25) is 0 Å². The van der Waals surface area contributed by atoms with Crippen molar-refractivity contribution in [3.8, 4) is 0 Å². The van der Waals surface area contributed by atoms with E-state index in [4.69, 9.17) is 0 Å². The van der Waals surface area contributed by atoms with Gasteiger partial charge in [0.15, 0.2) is 0 Å². The van der Waals surface area contributed by atoms with Crippen molar-refractivity contribution < 1.29 is 9.90 Å². The molecule has 0 unspecified atom stereocenters. The van der Waals surface area contributed by atoms with E-state index in [-0.39, 0.29) is 5.57 Å². The van der Waals surface area contributed by atoms with Crippen LogP contribution in [0.15, 0.2) is 49.6 Å². The number of carboxylic acids is 1. The monoisotopic (exact) mass is 267 g/mol. The normalized spacial score (nSPS) is 10.8. The number of carboxylic acid groups (broad SMARTS) is 1. The number of hydrogen-bond acceptors (Lipinski definition) is 2. The number of hydrogen-bond donors (Lipinski definition) is 2. The van der Waals surface area contributed by atoms with Gasteiger partial charge in [0.2, 0.25) is 0 Å². The Kier molecular flexibility index (Phi) is 2.87. The van der Waals surface area contributed by atoms with Crippen LogP contribution >= 0.6 is 0 Å². The summed E-state index contributed by atoms with van der Waals surface area (Å²) in [5, 5.41) is 10.2. The molecule has 5 heteroatoms. The first-order valence-corrected chi connectivity index (χ1v) is 6.14. The molecule has 100 valence electrons. The Morgan fingerprint density at radius 2 is 2.20 bits per heavy atom. The van der Waals surface area contributed by atoms with E-state index in [0.29, 0.717) is 12.2 Å². The van der Waals surface area contributed by atoms with Gasteiger partial charge in [-0.05, 0) is 6.07 Å². The van der Waals surface area contributed by atoms with Crippen molar-refractivity contribution in [1.29, 1.82) is 0 Å². The molecule has 0 aliphatic carbocycles. The van der Waals surface area contributed by atoms with Crippen LogP contribution in [0.1, 0.15) is 11.3 Å². The molecule has 2 N–H and O–H groups in total. The Morgan fingerprint density at radius 3 is 2.90 bits per heavy atom. The molecule has 0 radical (unpaired) electrons. The minimum absolute atomic E-state index is 0.0660. The van der Waals surface area contributed by atoms with Gasteiger partial charge in [-0.2, -0.15) is 0 Å². The summed E-state index contributed by atoms with van der Waals surface area (Å²) >= 11 is 0. The van der Waals surface area contributed by atoms with E-state index in [9.17, 15) is 9.90 Å². The van der Waals surface area contributed by atoms with Gasteiger partial charge in [0.1, 0.15) is 0 Å². The second kappa shape index (κ2) is 4.70. The third kappa shape index (κ3) is 1.99. The van der Waals surface area contributed by atoms with Gasteiger partial charge in [-0.25, -0.2) is 9.78 Å². The first-order valence-electron chi connectivity index (χ1n) is 6.14. The summed E-state index contributed by atoms with van der Waals surface area (Å²) in [6, 6.07) is 7.73. The lowest BCUT2D eigenvalue weighted by Crippen LogP contribution is -2.04. The van der Waals surface area contributed by atoms with Gasteiger partial charge in [0.25, 0.3) is 0 Å². The molecule has 0 amide bonds. The summed E-state index contributed by atoms with van der Waals surface area (Å²) in [7, 11) is 0. The summed E-state index contributed by atoms with van der Waals surface area (Å²) in [5.74, 6) is -1.02. The maximum absolute atomic E-state index is 11.2. The van der Waals surface area contributed by atoms with Crippen LogP contribution in [0.5, 0.6) is 0 Å². The van der Waals surface area contributed by atoms with E-state index in [1.807, 2.05) is 35.0 Å². The zero-order chi connectivity index (χ0) is 14.1. The maximum Gasteiger partial charge on any atom is 0.337 e. The highest BCUT2D eigenvalue weighted by molar-refractivity contribution is 6.15. The van der Waals surface area contributed by atoms with Crippen molar-refractivity contribution in [3.05, 3.63) is 60.8 Å². The molecule has 2 heterocycles. The number of para-hydroxylation sites is 1. The summed E-state index contributed by atoms with van der Waals surface area (Å²) < 4.78 is 1.90. The Balaban J connectivity index is 2.17. The number of aromatic nitrogens is 3. The Hall–Kier alpha value is -2.82. The van der Waals surface area contributed by atoms with E-state index >= 15 is 0 Å². The fraction of sp³-hybridized carbons (Fsp3) is 0.0667. The summed E-state index contributed by atoms with van der Waals surface area (Å²) in [4.78, 5) is 18.3. The van der Waals surface area contributed by atoms with Gasteiger partial charge in [-0.15, -0.1) is 0 Å². The number of nitrogens with zero attached hydrogens (tertiary/aromatic N) is 2. The standard InChI is InChI=1S/C15H13N3O2/c1-10(15(19)20)14-12(8-18-7-6-16-9-18)11-4-2-3-5-13(11)17-14/h2-7,9,17H,1,8H2,(H,19,20). The van der Waals surface area contributed by atoms with Crippen molar-refractivity contribution in [3.63, 3.8) is 0 Å². The summed E-state index contributed by atoms with van der Waals surface area (Å²) in [6.07, 6.45) is 5.24. The van der Waals surface area contributed by atoms with E-state index < -0.39 is 5.97 Å². The van der Waals surface area contributed by atoms with Gasteiger partial charge in [-0.1, -0.05) is 24.8 Å². The SMILES string of the molecule is C=C(C(=O)O)c1[nH]c2ccccc2c1Cn1ccnc1. The number of imidazole rings is 1. The maximum atomic E-state index is 11.2. The number of carbonyl (C=O) groups is 1. The van der Waals surface area contributed by atoms with Crippen molar-refractivity contribution in [2.45, 2.75) is 6.54 Å². The molecule has 0 atom stereocenters. The molecule has 0 bridgehead atoms. The largest absolute Gasteiger partial charge is 0.478 e. The van der Waals surface area contributed by atoms with Gasteiger partial charge in [0, 0.05) is 28.9 Å². The molecule has 0 saturated heterocycles. The van der Waals surface area contributed by atoms with Crippen LogP contribution in [0.3, 0.4) is 0 Å². The van der Waals surface area contributed by atoms with Crippen LogP contribution in [0.25, 0.3) is 16.5 Å².